The molecular weight excluding hydrogens is 280 g/mol. The molecule has 1 aliphatic rings. The molecule has 0 aromatic rings. The molecule has 0 amide bonds. The van der Waals surface area contributed by atoms with Gasteiger partial charge in [0.15, 0.2) is 0 Å². The van der Waals surface area contributed by atoms with Crippen molar-refractivity contribution < 1.29 is 17.9 Å². The van der Waals surface area contributed by atoms with Gasteiger partial charge in [0.25, 0.3) is 0 Å². The van der Waals surface area contributed by atoms with Crippen LogP contribution in [0.1, 0.15) is 39.5 Å². The number of hydrogen-bond donors (Lipinski definition) is 2. The van der Waals surface area contributed by atoms with Crippen LogP contribution in [0.4, 0.5) is 0 Å². The summed E-state index contributed by atoms with van der Waals surface area (Å²) in [4.78, 5) is 11.7. The molecule has 0 aliphatic heterocycles. The van der Waals surface area contributed by atoms with Crippen LogP contribution in [0.25, 0.3) is 0 Å². The highest BCUT2D eigenvalue weighted by Gasteiger charge is 2.28. The van der Waals surface area contributed by atoms with E-state index in [1.807, 2.05) is 6.92 Å². The number of ether oxygens (including phenoxy) is 1. The molecule has 0 bridgehead atoms. The molecule has 6 nitrogen and oxygen atoms in total. The molecule has 0 heterocycles. The number of hydrogen-bond acceptors (Lipinski definition) is 5. The highest BCUT2D eigenvalue weighted by atomic mass is 32.2. The fraction of sp³-hybridized carbons (Fsp3) is 0.923. The van der Waals surface area contributed by atoms with Crippen LogP contribution in [0.5, 0.6) is 0 Å². The topological polar surface area (TPSA) is 84.5 Å². The van der Waals surface area contributed by atoms with Crippen LogP contribution in [-0.4, -0.2) is 45.9 Å². The van der Waals surface area contributed by atoms with Crippen molar-refractivity contribution in [1.29, 1.82) is 0 Å². The number of esters is 1. The second-order valence-electron chi connectivity index (χ2n) is 5.08. The highest BCUT2D eigenvalue weighted by Crippen LogP contribution is 2.25. The highest BCUT2D eigenvalue weighted by molar-refractivity contribution is 7.89. The molecule has 2 unspecified atom stereocenters. The van der Waals surface area contributed by atoms with E-state index in [1.54, 1.807) is 6.92 Å². The molecule has 2 N–H and O–H groups in total. The van der Waals surface area contributed by atoms with Gasteiger partial charge < -0.3 is 10.1 Å². The molecule has 0 saturated heterocycles. The van der Waals surface area contributed by atoms with E-state index in [4.69, 9.17) is 4.74 Å². The van der Waals surface area contributed by atoms with E-state index in [2.05, 4.69) is 10.0 Å². The molecule has 1 fully saturated rings. The van der Waals surface area contributed by atoms with Crippen molar-refractivity contribution >= 4 is 16.0 Å². The Labute approximate surface area is 121 Å². The maximum Gasteiger partial charge on any atom is 0.308 e. The molecule has 0 aromatic carbocycles. The molecule has 1 aliphatic carbocycles. The predicted molar refractivity (Wildman–Crippen MR) is 77.8 cm³/mol. The average molecular weight is 306 g/mol. The fourth-order valence-electron chi connectivity index (χ4n) is 2.54. The molecule has 1 rings (SSSR count). The van der Waals surface area contributed by atoms with Crippen LogP contribution in [0, 0.1) is 5.92 Å². The van der Waals surface area contributed by atoms with Gasteiger partial charge in [-0.25, -0.2) is 13.1 Å². The smallest absolute Gasteiger partial charge is 0.308 e. The lowest BCUT2D eigenvalue weighted by Gasteiger charge is -2.28. The number of nitrogens with one attached hydrogen (secondary N) is 2. The van der Waals surface area contributed by atoms with Gasteiger partial charge in [0.1, 0.15) is 0 Å². The minimum atomic E-state index is -3.18. The number of carbonyl (C=O) groups excluding carboxylic acids is 1. The SMILES string of the molecule is CCNS(=O)(=O)CCNC1CCCC(C(=O)OCC)C1. The number of carbonyl (C=O) groups is 1. The van der Waals surface area contributed by atoms with Gasteiger partial charge in [-0.3, -0.25) is 4.79 Å². The Balaban J connectivity index is 2.32. The first kappa shape index (κ1) is 17.4. The molecule has 1 saturated carbocycles. The minimum Gasteiger partial charge on any atom is -0.466 e. The molecule has 0 aromatic heterocycles. The van der Waals surface area contributed by atoms with Crippen molar-refractivity contribution in [3.8, 4) is 0 Å². The Kier molecular flexibility index (Phi) is 7.47. The summed E-state index contributed by atoms with van der Waals surface area (Å²) in [7, 11) is -3.18. The van der Waals surface area contributed by atoms with Crippen molar-refractivity contribution in [2.75, 3.05) is 25.4 Å². The first-order chi connectivity index (χ1) is 9.48. The summed E-state index contributed by atoms with van der Waals surface area (Å²) in [6, 6.07) is 0.204. The first-order valence-corrected chi connectivity index (χ1v) is 9.01. The fourth-order valence-corrected chi connectivity index (χ4v) is 3.51. The van der Waals surface area contributed by atoms with Gasteiger partial charge >= 0.3 is 5.97 Å². The Morgan fingerprint density at radius 1 is 1.30 bits per heavy atom. The van der Waals surface area contributed by atoms with Crippen LogP contribution >= 0.6 is 0 Å². The lowest BCUT2D eigenvalue weighted by molar-refractivity contribution is -0.149. The maximum absolute atomic E-state index is 11.7. The van der Waals surface area contributed by atoms with E-state index >= 15 is 0 Å². The molecule has 7 heteroatoms. The lowest BCUT2D eigenvalue weighted by atomic mass is 9.86. The van der Waals surface area contributed by atoms with Gasteiger partial charge in [0, 0.05) is 19.1 Å². The second-order valence-corrected chi connectivity index (χ2v) is 7.01. The van der Waals surface area contributed by atoms with E-state index in [9.17, 15) is 13.2 Å². The van der Waals surface area contributed by atoms with Gasteiger partial charge in [-0.05, 0) is 26.2 Å². The molecule has 20 heavy (non-hydrogen) atoms. The summed E-state index contributed by atoms with van der Waals surface area (Å²) >= 11 is 0. The van der Waals surface area contributed by atoms with Gasteiger partial charge in [0.05, 0.1) is 18.3 Å². The Morgan fingerprint density at radius 2 is 2.05 bits per heavy atom. The van der Waals surface area contributed by atoms with Gasteiger partial charge in [-0.15, -0.1) is 0 Å². The normalized spacial score (nSPS) is 23.5. The molecular formula is C13H26N2O4S. The standard InChI is InChI=1S/C13H26N2O4S/c1-3-15-20(17,18)9-8-14-12-7-5-6-11(10-12)13(16)19-4-2/h11-12,14-15H,3-10H2,1-2H3. The van der Waals surface area contributed by atoms with E-state index in [-0.39, 0.29) is 23.7 Å². The zero-order valence-electron chi connectivity index (χ0n) is 12.4. The van der Waals surface area contributed by atoms with Crippen molar-refractivity contribution in [1.82, 2.24) is 10.0 Å². The Morgan fingerprint density at radius 3 is 2.70 bits per heavy atom. The van der Waals surface area contributed by atoms with Gasteiger partial charge in [0.2, 0.25) is 10.0 Å². The summed E-state index contributed by atoms with van der Waals surface area (Å²) in [5.74, 6) is -0.104. The minimum absolute atomic E-state index is 0.0495. The van der Waals surface area contributed by atoms with Gasteiger partial charge in [-0.1, -0.05) is 13.3 Å². The van der Waals surface area contributed by atoms with Crippen LogP contribution in [0.2, 0.25) is 0 Å². The molecule has 0 spiro atoms. The van der Waals surface area contributed by atoms with Crippen LogP contribution < -0.4 is 10.0 Å². The first-order valence-electron chi connectivity index (χ1n) is 7.35. The molecule has 0 radical (unpaired) electrons. The number of rotatable bonds is 8. The lowest BCUT2D eigenvalue weighted by Crippen LogP contribution is -2.40. The van der Waals surface area contributed by atoms with Crippen molar-refractivity contribution in [3.63, 3.8) is 0 Å². The van der Waals surface area contributed by atoms with Crippen molar-refractivity contribution in [2.45, 2.75) is 45.6 Å². The summed E-state index contributed by atoms with van der Waals surface area (Å²) in [6.45, 7) is 4.80. The van der Waals surface area contributed by atoms with Crippen molar-refractivity contribution in [3.05, 3.63) is 0 Å². The van der Waals surface area contributed by atoms with E-state index < -0.39 is 10.0 Å². The Hall–Kier alpha value is -0.660. The maximum atomic E-state index is 11.7. The number of sulfonamides is 1. The molecule has 118 valence electrons. The third-order valence-corrected chi connectivity index (χ3v) is 4.93. The Bertz CT molecular complexity index is 397. The summed E-state index contributed by atoms with van der Waals surface area (Å²) in [6.07, 6.45) is 3.56. The monoisotopic (exact) mass is 306 g/mol. The zero-order chi connectivity index (χ0) is 15.0. The predicted octanol–water partition coefficient (Wildman–Crippen LogP) is 0.637. The van der Waals surface area contributed by atoms with Crippen LogP contribution in [0.3, 0.4) is 0 Å². The van der Waals surface area contributed by atoms with E-state index in [0.29, 0.717) is 19.7 Å². The second kappa shape index (κ2) is 8.59. The molecule has 2 atom stereocenters. The van der Waals surface area contributed by atoms with E-state index in [1.165, 1.54) is 0 Å². The summed E-state index contributed by atoms with van der Waals surface area (Å²) < 4.78 is 30.5. The third-order valence-electron chi connectivity index (χ3n) is 3.46. The average Bonchev–Trinajstić information content (AvgIpc) is 2.39. The largest absolute Gasteiger partial charge is 0.466 e. The van der Waals surface area contributed by atoms with Crippen LogP contribution in [-0.2, 0) is 19.6 Å². The summed E-state index contributed by atoms with van der Waals surface area (Å²) in [5, 5.41) is 3.24. The summed E-state index contributed by atoms with van der Waals surface area (Å²) in [5.41, 5.74) is 0. The van der Waals surface area contributed by atoms with Crippen molar-refractivity contribution in [2.24, 2.45) is 5.92 Å². The van der Waals surface area contributed by atoms with Gasteiger partial charge in [-0.2, -0.15) is 0 Å². The quantitative estimate of drug-likeness (QED) is 0.643. The third kappa shape index (κ3) is 6.19. The van der Waals surface area contributed by atoms with Crippen LogP contribution in [0.15, 0.2) is 0 Å². The van der Waals surface area contributed by atoms with E-state index in [0.717, 1.165) is 25.7 Å². The zero-order valence-corrected chi connectivity index (χ0v) is 13.2.